The van der Waals surface area contributed by atoms with Gasteiger partial charge in [0.05, 0.1) is 26.6 Å². The van der Waals surface area contributed by atoms with Crippen LogP contribution in [0.5, 0.6) is 23.0 Å². The molecule has 0 heterocycles. The Morgan fingerprint density at radius 2 is 1.07 bits per heavy atom. The summed E-state index contributed by atoms with van der Waals surface area (Å²) in [7, 11) is 10.2. The number of hydrogen-bond acceptors (Lipinski definition) is 8. The third kappa shape index (κ3) is 9.85. The molecule has 0 saturated carbocycles. The maximum absolute atomic E-state index is 11.4. The van der Waals surface area contributed by atoms with E-state index in [1.807, 2.05) is 0 Å². The van der Waals surface area contributed by atoms with Gasteiger partial charge in [-0.1, -0.05) is 23.6 Å². The largest absolute Gasteiger partial charge is 2.00 e. The van der Waals surface area contributed by atoms with Crippen LogP contribution in [0.15, 0.2) is 46.6 Å². The van der Waals surface area contributed by atoms with Crippen molar-refractivity contribution in [3.8, 4) is 23.0 Å². The number of ether oxygens (including phenoxy) is 2. The minimum Gasteiger partial charge on any atom is -0.872 e. The molecule has 0 amide bonds. The first-order valence-electron chi connectivity index (χ1n) is 8.39. The summed E-state index contributed by atoms with van der Waals surface area (Å²) in [5.74, 6) is 0.957. The number of hydrazone groups is 2. The maximum Gasteiger partial charge on any atom is 2.00 e. The Morgan fingerprint density at radius 1 is 0.724 bits per heavy atom. The molecular formula is C20H26N4O4Pt. The predicted molar refractivity (Wildman–Crippen MR) is 107 cm³/mol. The standard InChI is InChI=1S/2C10H14N2O2.Pt/c2*1-12(2)11-7-8-4-5-9(14-3)6-10(8)13;/h2*4-7,13H,1-3H3;/q;;+2/p-2/b2*11-7+;. The molecule has 0 aliphatic carbocycles. The fourth-order valence-electron chi connectivity index (χ4n) is 1.85. The number of benzene rings is 2. The van der Waals surface area contributed by atoms with Crippen molar-refractivity contribution >= 4 is 12.4 Å². The smallest absolute Gasteiger partial charge is 0.872 e. The van der Waals surface area contributed by atoms with Crippen LogP contribution in [-0.2, 0) is 21.1 Å². The molecule has 160 valence electrons. The zero-order chi connectivity index (χ0) is 21.1. The Hall–Kier alpha value is -2.73. The Morgan fingerprint density at radius 3 is 1.31 bits per heavy atom. The second kappa shape index (κ2) is 13.4. The monoisotopic (exact) mass is 581 g/mol. The third-order valence-electron chi connectivity index (χ3n) is 3.30. The van der Waals surface area contributed by atoms with Gasteiger partial charge < -0.3 is 29.7 Å². The number of methoxy groups -OCH3 is 2. The molecule has 0 fully saturated rings. The molecule has 29 heavy (non-hydrogen) atoms. The van der Waals surface area contributed by atoms with Crippen LogP contribution in [0.3, 0.4) is 0 Å². The fraction of sp³-hybridized carbons (Fsp3) is 0.300. The van der Waals surface area contributed by atoms with Gasteiger partial charge in [-0.15, -0.1) is 0 Å². The predicted octanol–water partition coefficient (Wildman–Crippen LogP) is 1.33. The van der Waals surface area contributed by atoms with E-state index in [2.05, 4.69) is 10.2 Å². The summed E-state index contributed by atoms with van der Waals surface area (Å²) < 4.78 is 9.84. The molecule has 0 radical (unpaired) electrons. The summed E-state index contributed by atoms with van der Waals surface area (Å²) in [5.41, 5.74) is 1.11. The van der Waals surface area contributed by atoms with Crippen LogP contribution in [0.2, 0.25) is 0 Å². The van der Waals surface area contributed by atoms with Crippen molar-refractivity contribution in [3.63, 3.8) is 0 Å². The summed E-state index contributed by atoms with van der Waals surface area (Å²) in [6.07, 6.45) is 3.06. The van der Waals surface area contributed by atoms with Gasteiger partial charge in [0.2, 0.25) is 0 Å². The Bertz CT molecular complexity index is 744. The minimum absolute atomic E-state index is 0. The Balaban J connectivity index is 0.000000523. The van der Waals surface area contributed by atoms with Gasteiger partial charge in [-0.05, 0) is 35.4 Å². The van der Waals surface area contributed by atoms with E-state index in [-0.39, 0.29) is 32.6 Å². The van der Waals surface area contributed by atoms with Crippen molar-refractivity contribution in [2.75, 3.05) is 42.4 Å². The van der Waals surface area contributed by atoms with E-state index < -0.39 is 0 Å². The second-order valence-corrected chi connectivity index (χ2v) is 5.99. The van der Waals surface area contributed by atoms with E-state index in [0.717, 1.165) is 0 Å². The van der Waals surface area contributed by atoms with Crippen molar-refractivity contribution < 1.29 is 40.8 Å². The number of hydrogen-bond donors (Lipinski definition) is 0. The molecule has 0 aliphatic rings. The van der Waals surface area contributed by atoms with Crippen molar-refractivity contribution in [2.45, 2.75) is 0 Å². The Labute approximate surface area is 186 Å². The van der Waals surface area contributed by atoms with Crippen LogP contribution < -0.4 is 19.7 Å². The van der Waals surface area contributed by atoms with E-state index in [1.54, 1.807) is 62.5 Å². The van der Waals surface area contributed by atoms with E-state index in [0.29, 0.717) is 22.6 Å². The van der Waals surface area contributed by atoms with E-state index >= 15 is 0 Å². The van der Waals surface area contributed by atoms with Crippen LogP contribution in [-0.4, -0.2) is 64.9 Å². The second-order valence-electron chi connectivity index (χ2n) is 5.99. The minimum atomic E-state index is -0.0880. The van der Waals surface area contributed by atoms with Gasteiger partial charge in [0.15, 0.2) is 0 Å². The van der Waals surface area contributed by atoms with Gasteiger partial charge in [-0.3, -0.25) is 0 Å². The summed E-state index contributed by atoms with van der Waals surface area (Å²) in [6.45, 7) is 0. The van der Waals surface area contributed by atoms with Gasteiger partial charge >= 0.3 is 21.1 Å². The summed E-state index contributed by atoms with van der Waals surface area (Å²) in [5, 5.41) is 34.1. The van der Waals surface area contributed by atoms with Gasteiger partial charge in [0.25, 0.3) is 0 Å². The van der Waals surface area contributed by atoms with Crippen molar-refractivity contribution in [1.29, 1.82) is 0 Å². The van der Waals surface area contributed by atoms with Crippen molar-refractivity contribution in [2.24, 2.45) is 10.2 Å². The third-order valence-corrected chi connectivity index (χ3v) is 3.30. The van der Waals surface area contributed by atoms with Crippen LogP contribution in [0.4, 0.5) is 0 Å². The first-order chi connectivity index (χ1) is 13.3. The van der Waals surface area contributed by atoms with E-state index in [4.69, 9.17) is 9.47 Å². The van der Waals surface area contributed by atoms with E-state index in [9.17, 15) is 10.2 Å². The molecule has 9 heteroatoms. The van der Waals surface area contributed by atoms with Gasteiger partial charge in [-0.25, -0.2) is 0 Å². The molecular weight excluding hydrogens is 555 g/mol. The molecule has 2 aromatic rings. The van der Waals surface area contributed by atoms with Gasteiger partial charge in [0, 0.05) is 28.2 Å². The average molecular weight is 582 g/mol. The zero-order valence-corrected chi connectivity index (χ0v) is 19.6. The van der Waals surface area contributed by atoms with Crippen LogP contribution >= 0.6 is 0 Å². The number of nitrogens with zero attached hydrogens (tertiary/aromatic N) is 4. The molecule has 2 aromatic carbocycles. The van der Waals surface area contributed by atoms with Gasteiger partial charge in [0.1, 0.15) is 11.5 Å². The molecule has 0 spiro atoms. The summed E-state index contributed by atoms with van der Waals surface area (Å²) >= 11 is 0. The van der Waals surface area contributed by atoms with Crippen molar-refractivity contribution in [3.05, 3.63) is 47.5 Å². The molecule has 2 rings (SSSR count). The molecule has 0 saturated heterocycles. The Kier molecular flexibility index (Phi) is 12.2. The van der Waals surface area contributed by atoms with Crippen LogP contribution in [0.1, 0.15) is 11.1 Å². The number of rotatable bonds is 6. The first kappa shape index (κ1) is 26.3. The average Bonchev–Trinajstić information content (AvgIpc) is 2.66. The van der Waals surface area contributed by atoms with Crippen LogP contribution in [0, 0.1) is 0 Å². The topological polar surface area (TPSA) is 95.8 Å². The molecule has 0 atom stereocenters. The van der Waals surface area contributed by atoms with Crippen molar-refractivity contribution in [1.82, 2.24) is 10.0 Å². The summed E-state index contributed by atoms with van der Waals surface area (Å²) in [6, 6.07) is 9.73. The SMILES string of the molecule is COc1ccc(/C=N/N(C)C)c([O-])c1.COc1ccc(/C=N/N(C)C)c([O-])c1.[Pt+2]. The molecule has 0 aromatic heterocycles. The van der Waals surface area contributed by atoms with E-state index in [1.165, 1.54) is 38.8 Å². The molecule has 0 unspecified atom stereocenters. The van der Waals surface area contributed by atoms with Gasteiger partial charge in [-0.2, -0.15) is 10.2 Å². The molecule has 0 bridgehead atoms. The van der Waals surface area contributed by atoms with Crippen LogP contribution in [0.25, 0.3) is 0 Å². The molecule has 0 aliphatic heterocycles. The normalized spacial score (nSPS) is 10.1. The molecule has 8 nitrogen and oxygen atoms in total. The fourth-order valence-corrected chi connectivity index (χ4v) is 1.85. The molecule has 0 N–H and O–H groups in total. The zero-order valence-electron chi connectivity index (χ0n) is 17.4. The summed E-state index contributed by atoms with van der Waals surface area (Å²) in [4.78, 5) is 0. The maximum atomic E-state index is 11.4. The quantitative estimate of drug-likeness (QED) is 0.378. The first-order valence-corrected chi connectivity index (χ1v) is 8.39.